The number of aromatic nitrogens is 1. The lowest BCUT2D eigenvalue weighted by Gasteiger charge is -2.30. The van der Waals surface area contributed by atoms with Gasteiger partial charge in [-0.2, -0.15) is 0 Å². The van der Waals surface area contributed by atoms with Crippen LogP contribution in [-0.2, 0) is 33.8 Å². The van der Waals surface area contributed by atoms with Crippen molar-refractivity contribution in [3.05, 3.63) is 88.4 Å². The van der Waals surface area contributed by atoms with E-state index < -0.39 is 30.3 Å². The number of nitrogens with one attached hydrogen (secondary N) is 3. The molecule has 0 radical (unpaired) electrons. The molecule has 1 aromatic heterocycles. The second-order valence-electron chi connectivity index (χ2n) is 11.1. The van der Waals surface area contributed by atoms with Gasteiger partial charge in [0.05, 0.1) is 22.5 Å². The monoisotopic (exact) mass is 594 g/mol. The van der Waals surface area contributed by atoms with Gasteiger partial charge in [0.2, 0.25) is 11.8 Å². The lowest BCUT2D eigenvalue weighted by atomic mass is 9.93. The van der Waals surface area contributed by atoms with Crippen LogP contribution in [0.3, 0.4) is 0 Å². The van der Waals surface area contributed by atoms with E-state index in [0.29, 0.717) is 12.8 Å². The quantitative estimate of drug-likeness (QED) is 0.208. The van der Waals surface area contributed by atoms with Gasteiger partial charge in [-0.05, 0) is 36.3 Å². The first-order valence-corrected chi connectivity index (χ1v) is 15.2. The van der Waals surface area contributed by atoms with Crippen molar-refractivity contribution in [1.29, 1.82) is 0 Å². The van der Waals surface area contributed by atoms with E-state index in [1.165, 1.54) is 11.3 Å². The molecule has 9 nitrogen and oxygen atoms in total. The number of thiazole rings is 1. The maximum atomic E-state index is 13.5. The molecule has 1 heterocycles. The van der Waals surface area contributed by atoms with E-state index >= 15 is 0 Å². The lowest BCUT2D eigenvalue weighted by Crippen LogP contribution is -2.54. The number of benzene rings is 2. The molecule has 0 bridgehead atoms. The van der Waals surface area contributed by atoms with Crippen LogP contribution < -0.4 is 16.0 Å². The zero-order valence-electron chi connectivity index (χ0n) is 24.7. The molecule has 0 fully saturated rings. The van der Waals surface area contributed by atoms with Gasteiger partial charge in [-0.25, -0.2) is 4.79 Å². The van der Waals surface area contributed by atoms with E-state index in [4.69, 9.17) is 4.74 Å². The van der Waals surface area contributed by atoms with Crippen molar-refractivity contribution < 1.29 is 24.2 Å². The summed E-state index contributed by atoms with van der Waals surface area (Å²) in [5.41, 5.74) is 3.58. The van der Waals surface area contributed by atoms with Crippen LogP contribution in [0, 0.1) is 11.8 Å². The van der Waals surface area contributed by atoms with E-state index in [2.05, 4.69) is 20.9 Å². The number of hydrogen-bond donors (Lipinski definition) is 4. The van der Waals surface area contributed by atoms with Gasteiger partial charge in [0.1, 0.15) is 12.6 Å². The molecule has 3 amide bonds. The standard InChI is InChI=1S/C32H42N4O5S/c1-21(2)29(36-30(38)22(3)4)31(39)34-25(15-23-11-7-5-8-12-23)17-28(37)27(16-24-13-9-6-10-14-24)35-32(40)41-19-26-18-33-20-42-26/h5-14,18,20-22,25,27-29,37H,15-17,19H2,1-4H3,(H,34,39)(H,35,40)(H,36,38)/t25-,27-,28-,29+/m0/s1. The fraction of sp³-hybridized carbons (Fsp3) is 0.438. The number of carbonyl (C=O) groups excluding carboxylic acids is 3. The fourth-order valence-electron chi connectivity index (χ4n) is 4.49. The van der Waals surface area contributed by atoms with Crippen molar-refractivity contribution in [3.8, 4) is 0 Å². The van der Waals surface area contributed by atoms with Crippen molar-refractivity contribution in [2.45, 2.75) is 77.8 Å². The van der Waals surface area contributed by atoms with Crippen LogP contribution in [0.5, 0.6) is 0 Å². The first-order valence-electron chi connectivity index (χ1n) is 14.3. The van der Waals surface area contributed by atoms with E-state index in [1.807, 2.05) is 74.5 Å². The third-order valence-corrected chi connectivity index (χ3v) is 7.62. The Labute approximate surface area is 252 Å². The molecule has 0 aliphatic heterocycles. The van der Waals surface area contributed by atoms with Crippen LogP contribution in [0.25, 0.3) is 0 Å². The maximum Gasteiger partial charge on any atom is 0.407 e. The Morgan fingerprint density at radius 3 is 2.02 bits per heavy atom. The van der Waals surface area contributed by atoms with Crippen molar-refractivity contribution in [3.63, 3.8) is 0 Å². The summed E-state index contributed by atoms with van der Waals surface area (Å²) in [6.07, 6.45) is 0.958. The molecule has 0 saturated carbocycles. The number of amides is 3. The molecule has 4 N–H and O–H groups in total. The Kier molecular flexibility index (Phi) is 13.0. The molecule has 4 atom stereocenters. The van der Waals surface area contributed by atoms with E-state index in [9.17, 15) is 19.5 Å². The summed E-state index contributed by atoms with van der Waals surface area (Å²) >= 11 is 1.38. The molecule has 0 aliphatic rings. The van der Waals surface area contributed by atoms with Crippen molar-refractivity contribution in [2.24, 2.45) is 11.8 Å². The average molecular weight is 595 g/mol. The third-order valence-electron chi connectivity index (χ3n) is 6.86. The van der Waals surface area contributed by atoms with Gasteiger partial charge in [0.15, 0.2) is 0 Å². The van der Waals surface area contributed by atoms with Crippen molar-refractivity contribution in [1.82, 2.24) is 20.9 Å². The SMILES string of the molecule is CC(C)C(=O)N[C@@H](C(=O)N[C@@H](Cc1ccccc1)C[C@H](O)[C@H](Cc1ccccc1)NC(=O)OCc1cncs1)C(C)C. The second kappa shape index (κ2) is 16.6. The number of rotatable bonds is 15. The van der Waals surface area contributed by atoms with Crippen molar-refractivity contribution >= 4 is 29.2 Å². The van der Waals surface area contributed by atoms with Crippen molar-refractivity contribution in [2.75, 3.05) is 0 Å². The third kappa shape index (κ3) is 10.9. The molecule has 0 aliphatic carbocycles. The van der Waals surface area contributed by atoms with Crippen LogP contribution in [0.2, 0.25) is 0 Å². The smallest absolute Gasteiger partial charge is 0.407 e. The molecule has 42 heavy (non-hydrogen) atoms. The van der Waals surface area contributed by atoms with Crippen LogP contribution in [0.15, 0.2) is 72.4 Å². The maximum absolute atomic E-state index is 13.5. The number of carbonyl (C=O) groups is 3. The Hall–Kier alpha value is -3.76. The second-order valence-corrected chi connectivity index (χ2v) is 12.0. The number of aliphatic hydroxyl groups excluding tert-OH is 1. The predicted molar refractivity (Wildman–Crippen MR) is 164 cm³/mol. The molecular formula is C32H42N4O5S. The predicted octanol–water partition coefficient (Wildman–Crippen LogP) is 4.26. The molecule has 10 heteroatoms. The van der Waals surface area contributed by atoms with Gasteiger partial charge in [-0.3, -0.25) is 14.6 Å². The summed E-state index contributed by atoms with van der Waals surface area (Å²) in [6, 6.07) is 17.4. The normalized spacial score (nSPS) is 14.1. The number of aliphatic hydroxyl groups is 1. The van der Waals surface area contributed by atoms with Crippen LogP contribution in [0.4, 0.5) is 4.79 Å². The zero-order chi connectivity index (χ0) is 30.5. The summed E-state index contributed by atoms with van der Waals surface area (Å²) < 4.78 is 5.38. The highest BCUT2D eigenvalue weighted by Gasteiger charge is 2.30. The Morgan fingerprint density at radius 1 is 0.857 bits per heavy atom. The largest absolute Gasteiger partial charge is 0.444 e. The fourth-order valence-corrected chi connectivity index (χ4v) is 4.99. The number of hydrogen-bond acceptors (Lipinski definition) is 7. The van der Waals surface area contributed by atoms with Gasteiger partial charge in [0.25, 0.3) is 0 Å². The first kappa shape index (κ1) is 32.8. The highest BCUT2D eigenvalue weighted by Crippen LogP contribution is 2.16. The van der Waals surface area contributed by atoms with Gasteiger partial charge >= 0.3 is 6.09 Å². The summed E-state index contributed by atoms with van der Waals surface area (Å²) in [5.74, 6) is -0.923. The minimum Gasteiger partial charge on any atom is -0.444 e. The zero-order valence-corrected chi connectivity index (χ0v) is 25.5. The summed E-state index contributed by atoms with van der Waals surface area (Å²) in [4.78, 5) is 43.4. The van der Waals surface area contributed by atoms with Gasteiger partial charge in [0, 0.05) is 18.2 Å². The summed E-state index contributed by atoms with van der Waals surface area (Å²) in [7, 11) is 0. The summed E-state index contributed by atoms with van der Waals surface area (Å²) in [5, 5.41) is 20.3. The first-order chi connectivity index (χ1) is 20.1. The van der Waals surface area contributed by atoms with E-state index in [1.54, 1.807) is 25.6 Å². The Bertz CT molecular complexity index is 1240. The number of alkyl carbamates (subject to hydrolysis) is 1. The van der Waals surface area contributed by atoms with Gasteiger partial charge in [-0.15, -0.1) is 11.3 Å². The molecular weight excluding hydrogens is 552 g/mol. The Balaban J connectivity index is 1.77. The molecule has 2 aromatic carbocycles. The lowest BCUT2D eigenvalue weighted by molar-refractivity contribution is -0.132. The molecule has 226 valence electrons. The molecule has 3 rings (SSSR count). The minimum atomic E-state index is -1.02. The van der Waals surface area contributed by atoms with Gasteiger partial charge < -0.3 is 25.8 Å². The Morgan fingerprint density at radius 2 is 1.48 bits per heavy atom. The topological polar surface area (TPSA) is 130 Å². The molecule has 3 aromatic rings. The average Bonchev–Trinajstić information content (AvgIpc) is 3.49. The molecule has 0 saturated heterocycles. The highest BCUT2D eigenvalue weighted by atomic mass is 32.1. The number of ether oxygens (including phenoxy) is 1. The van der Waals surface area contributed by atoms with Crippen LogP contribution in [0.1, 0.15) is 50.1 Å². The van der Waals surface area contributed by atoms with Crippen LogP contribution >= 0.6 is 11.3 Å². The number of nitrogens with zero attached hydrogens (tertiary/aromatic N) is 1. The van der Waals surface area contributed by atoms with Gasteiger partial charge in [-0.1, -0.05) is 88.4 Å². The summed E-state index contributed by atoms with van der Waals surface area (Å²) in [6.45, 7) is 7.39. The minimum absolute atomic E-state index is 0.0794. The van der Waals surface area contributed by atoms with Crippen LogP contribution in [-0.4, -0.2) is 52.2 Å². The van der Waals surface area contributed by atoms with E-state index in [0.717, 1.165) is 16.0 Å². The molecule has 0 spiro atoms. The highest BCUT2D eigenvalue weighted by molar-refractivity contribution is 7.09. The van der Waals surface area contributed by atoms with E-state index in [-0.39, 0.29) is 36.7 Å². The molecule has 0 unspecified atom stereocenters.